The van der Waals surface area contributed by atoms with E-state index in [0.717, 1.165) is 6.42 Å². The zero-order valence-electron chi connectivity index (χ0n) is 9.80. The highest BCUT2D eigenvalue weighted by atomic mass is 35.5. The summed E-state index contributed by atoms with van der Waals surface area (Å²) in [6.45, 7) is 1.25. The first kappa shape index (κ1) is 11.7. The van der Waals surface area contributed by atoms with Crippen molar-refractivity contribution < 1.29 is 4.74 Å². The lowest BCUT2D eigenvalue weighted by Crippen LogP contribution is -2.29. The topological polar surface area (TPSA) is 44.1 Å². The molecule has 0 N–H and O–H groups in total. The molecule has 2 heterocycles. The van der Waals surface area contributed by atoms with Crippen LogP contribution >= 0.6 is 11.6 Å². The summed E-state index contributed by atoms with van der Waals surface area (Å²) in [6.07, 6.45) is 0.837. The molecule has 1 aromatic carbocycles. The molecular weight excluding hydrogens is 252 g/mol. The number of para-hydroxylation sites is 1. The molecule has 0 aliphatic carbocycles. The molecule has 0 spiro atoms. The van der Waals surface area contributed by atoms with Crippen LogP contribution < -0.4 is 5.56 Å². The Kier molecular flexibility index (Phi) is 3.06. The number of rotatable bonds is 2. The molecule has 5 heteroatoms. The first-order chi connectivity index (χ1) is 8.81. The normalized spacial score (nSPS) is 19.5. The van der Waals surface area contributed by atoms with Crippen LogP contribution in [0.3, 0.4) is 0 Å². The van der Waals surface area contributed by atoms with Crippen molar-refractivity contribution in [1.82, 2.24) is 9.55 Å². The Hall–Kier alpha value is -1.39. The van der Waals surface area contributed by atoms with Crippen LogP contribution in [-0.4, -0.2) is 22.8 Å². The fraction of sp³-hybridized carbons (Fsp3) is 0.385. The Morgan fingerprint density at radius 3 is 3.00 bits per heavy atom. The van der Waals surface area contributed by atoms with E-state index in [9.17, 15) is 4.79 Å². The largest absolute Gasteiger partial charge is 0.379 e. The standard InChI is InChI=1S/C13H13ClN2O2/c14-7-12-15-11-4-2-1-3-10(11)13(17)16(12)9-5-6-18-8-9/h1-4,9H,5-8H2. The third-order valence-corrected chi connectivity index (χ3v) is 3.51. The Balaban J connectivity index is 2.28. The van der Waals surface area contributed by atoms with Gasteiger partial charge in [0.15, 0.2) is 0 Å². The number of hydrogen-bond donors (Lipinski definition) is 0. The zero-order valence-corrected chi connectivity index (χ0v) is 10.6. The molecule has 3 rings (SSSR count). The number of fused-ring (bicyclic) bond motifs is 1. The highest BCUT2D eigenvalue weighted by Crippen LogP contribution is 2.20. The van der Waals surface area contributed by atoms with Gasteiger partial charge in [-0.15, -0.1) is 11.6 Å². The van der Waals surface area contributed by atoms with Gasteiger partial charge in [0.05, 0.1) is 29.4 Å². The first-order valence-electron chi connectivity index (χ1n) is 5.95. The quantitative estimate of drug-likeness (QED) is 0.781. The van der Waals surface area contributed by atoms with Gasteiger partial charge < -0.3 is 4.74 Å². The molecule has 1 aliphatic heterocycles. The smallest absolute Gasteiger partial charge is 0.261 e. The average molecular weight is 265 g/mol. The second-order valence-corrected chi connectivity index (χ2v) is 4.64. The third-order valence-electron chi connectivity index (χ3n) is 3.27. The number of halogens is 1. The van der Waals surface area contributed by atoms with E-state index < -0.39 is 0 Å². The summed E-state index contributed by atoms with van der Waals surface area (Å²) in [5, 5.41) is 0.637. The summed E-state index contributed by atoms with van der Waals surface area (Å²) in [4.78, 5) is 17.0. The monoisotopic (exact) mass is 264 g/mol. The van der Waals surface area contributed by atoms with Crippen molar-refractivity contribution >= 4 is 22.5 Å². The first-order valence-corrected chi connectivity index (χ1v) is 6.48. The van der Waals surface area contributed by atoms with E-state index in [1.807, 2.05) is 18.2 Å². The minimum Gasteiger partial charge on any atom is -0.379 e. The van der Waals surface area contributed by atoms with Gasteiger partial charge in [0, 0.05) is 6.61 Å². The molecule has 0 radical (unpaired) electrons. The van der Waals surface area contributed by atoms with Crippen molar-refractivity contribution in [1.29, 1.82) is 0 Å². The van der Waals surface area contributed by atoms with Gasteiger partial charge in [-0.2, -0.15) is 0 Å². The summed E-state index contributed by atoms with van der Waals surface area (Å²) in [7, 11) is 0. The van der Waals surface area contributed by atoms with Crippen molar-refractivity contribution in [2.45, 2.75) is 18.3 Å². The zero-order chi connectivity index (χ0) is 12.5. The van der Waals surface area contributed by atoms with Gasteiger partial charge in [0.1, 0.15) is 5.82 Å². The van der Waals surface area contributed by atoms with Crippen LogP contribution in [0.25, 0.3) is 10.9 Å². The van der Waals surface area contributed by atoms with E-state index >= 15 is 0 Å². The van der Waals surface area contributed by atoms with E-state index in [4.69, 9.17) is 16.3 Å². The number of alkyl halides is 1. The molecule has 0 saturated carbocycles. The van der Waals surface area contributed by atoms with Gasteiger partial charge in [0.25, 0.3) is 5.56 Å². The van der Waals surface area contributed by atoms with Gasteiger partial charge in [0.2, 0.25) is 0 Å². The lowest BCUT2D eigenvalue weighted by molar-refractivity contribution is 0.185. The van der Waals surface area contributed by atoms with Crippen LogP contribution in [-0.2, 0) is 10.6 Å². The van der Waals surface area contributed by atoms with E-state index in [1.165, 1.54) is 0 Å². The van der Waals surface area contributed by atoms with Crippen LogP contribution in [0.15, 0.2) is 29.1 Å². The van der Waals surface area contributed by atoms with Crippen LogP contribution in [0.5, 0.6) is 0 Å². The van der Waals surface area contributed by atoms with Crippen molar-refractivity contribution in [2.75, 3.05) is 13.2 Å². The summed E-state index contributed by atoms with van der Waals surface area (Å²) >= 11 is 5.92. The summed E-state index contributed by atoms with van der Waals surface area (Å²) in [5.74, 6) is 0.854. The lowest BCUT2D eigenvalue weighted by atomic mass is 10.2. The maximum absolute atomic E-state index is 12.5. The van der Waals surface area contributed by atoms with Gasteiger partial charge in [-0.3, -0.25) is 9.36 Å². The van der Waals surface area contributed by atoms with Crippen molar-refractivity contribution in [2.24, 2.45) is 0 Å². The van der Waals surface area contributed by atoms with Crippen LogP contribution in [0, 0.1) is 0 Å². The maximum Gasteiger partial charge on any atom is 0.261 e. The van der Waals surface area contributed by atoms with Gasteiger partial charge in [-0.05, 0) is 18.6 Å². The molecule has 18 heavy (non-hydrogen) atoms. The fourth-order valence-corrected chi connectivity index (χ4v) is 2.58. The highest BCUT2D eigenvalue weighted by molar-refractivity contribution is 6.16. The van der Waals surface area contributed by atoms with Crippen molar-refractivity contribution in [3.63, 3.8) is 0 Å². The lowest BCUT2D eigenvalue weighted by Gasteiger charge is -2.16. The van der Waals surface area contributed by atoms with Crippen molar-refractivity contribution in [3.8, 4) is 0 Å². The summed E-state index contributed by atoms with van der Waals surface area (Å²) in [6, 6.07) is 7.41. The predicted octanol–water partition coefficient (Wildman–Crippen LogP) is 2.10. The number of nitrogens with zero attached hydrogens (tertiary/aromatic N) is 2. The molecule has 0 bridgehead atoms. The van der Waals surface area contributed by atoms with E-state index in [2.05, 4.69) is 4.98 Å². The second-order valence-electron chi connectivity index (χ2n) is 4.37. The molecule has 1 aromatic heterocycles. The van der Waals surface area contributed by atoms with E-state index in [1.54, 1.807) is 10.6 Å². The molecule has 1 fully saturated rings. The van der Waals surface area contributed by atoms with Crippen LogP contribution in [0.2, 0.25) is 0 Å². The number of hydrogen-bond acceptors (Lipinski definition) is 3. The Labute approximate surface area is 109 Å². The molecule has 1 unspecified atom stereocenters. The van der Waals surface area contributed by atoms with Crippen LogP contribution in [0.4, 0.5) is 0 Å². The van der Waals surface area contributed by atoms with Gasteiger partial charge in [-0.25, -0.2) is 4.98 Å². The minimum absolute atomic E-state index is 0.0215. The summed E-state index contributed by atoms with van der Waals surface area (Å²) in [5.41, 5.74) is 0.681. The predicted molar refractivity (Wildman–Crippen MR) is 70.0 cm³/mol. The molecular formula is C13H13ClN2O2. The number of ether oxygens (including phenoxy) is 1. The summed E-state index contributed by atoms with van der Waals surface area (Å²) < 4.78 is 7.04. The minimum atomic E-state index is -0.0215. The van der Waals surface area contributed by atoms with Gasteiger partial charge in [-0.1, -0.05) is 12.1 Å². The van der Waals surface area contributed by atoms with E-state index in [-0.39, 0.29) is 17.5 Å². The van der Waals surface area contributed by atoms with E-state index in [0.29, 0.717) is 29.9 Å². The Bertz CT molecular complexity index is 632. The number of aromatic nitrogens is 2. The molecule has 1 aliphatic rings. The van der Waals surface area contributed by atoms with Crippen molar-refractivity contribution in [3.05, 3.63) is 40.4 Å². The SMILES string of the molecule is O=c1c2ccccc2nc(CCl)n1C1CCOC1. The Morgan fingerprint density at radius 1 is 1.44 bits per heavy atom. The highest BCUT2D eigenvalue weighted by Gasteiger charge is 2.22. The molecule has 1 atom stereocenters. The third kappa shape index (κ3) is 1.82. The second kappa shape index (κ2) is 4.71. The average Bonchev–Trinajstić information content (AvgIpc) is 2.92. The fourth-order valence-electron chi connectivity index (χ4n) is 2.39. The van der Waals surface area contributed by atoms with Crippen LogP contribution in [0.1, 0.15) is 18.3 Å². The van der Waals surface area contributed by atoms with Gasteiger partial charge >= 0.3 is 0 Å². The molecule has 0 amide bonds. The molecule has 94 valence electrons. The molecule has 4 nitrogen and oxygen atoms in total. The number of benzene rings is 1. The molecule has 1 saturated heterocycles. The molecule has 2 aromatic rings. The Morgan fingerprint density at radius 2 is 2.28 bits per heavy atom. The maximum atomic E-state index is 12.5.